The maximum Gasteiger partial charge on any atom is 0.151 e. The summed E-state index contributed by atoms with van der Waals surface area (Å²) in [5, 5.41) is 8.64. The van der Waals surface area contributed by atoms with Crippen LogP contribution in [0.2, 0.25) is 0 Å². The summed E-state index contributed by atoms with van der Waals surface area (Å²) in [7, 11) is 0. The molecule has 0 saturated carbocycles. The van der Waals surface area contributed by atoms with Crippen molar-refractivity contribution in [3.63, 3.8) is 0 Å². The minimum atomic E-state index is 0.339. The van der Waals surface area contributed by atoms with Gasteiger partial charge >= 0.3 is 0 Å². The molecular formula is C16H17N3O. The van der Waals surface area contributed by atoms with Gasteiger partial charge in [-0.3, -0.25) is 4.79 Å². The number of carbonyl (C=O) groups excluding carboxylic acids is 1. The van der Waals surface area contributed by atoms with Crippen molar-refractivity contribution in [2.24, 2.45) is 0 Å². The number of nitrogens with zero attached hydrogens (tertiary/aromatic N) is 3. The first-order valence-electron chi connectivity index (χ1n) is 6.90. The van der Waals surface area contributed by atoms with Crippen molar-refractivity contribution < 1.29 is 4.79 Å². The van der Waals surface area contributed by atoms with Crippen LogP contribution < -0.4 is 4.90 Å². The van der Waals surface area contributed by atoms with Gasteiger partial charge in [-0.15, -0.1) is 10.2 Å². The Bertz CT molecular complexity index is 612. The average molecular weight is 267 g/mol. The Balaban J connectivity index is 1.81. The molecule has 1 saturated heterocycles. The summed E-state index contributed by atoms with van der Waals surface area (Å²) in [4.78, 5) is 13.4. The SMILES string of the molecule is Cc1ccccc1-c1ccc(N2CCC(=O)CC2)nn1. The Morgan fingerprint density at radius 1 is 1.00 bits per heavy atom. The molecule has 0 bridgehead atoms. The first-order chi connectivity index (χ1) is 9.74. The van der Waals surface area contributed by atoms with Crippen LogP contribution in [0.3, 0.4) is 0 Å². The second-order valence-electron chi connectivity index (χ2n) is 5.12. The summed E-state index contributed by atoms with van der Waals surface area (Å²) in [6.45, 7) is 3.57. The zero-order valence-corrected chi connectivity index (χ0v) is 11.5. The van der Waals surface area contributed by atoms with Crippen LogP contribution in [0.1, 0.15) is 18.4 Å². The first-order valence-corrected chi connectivity index (χ1v) is 6.90. The van der Waals surface area contributed by atoms with E-state index in [2.05, 4.69) is 34.2 Å². The predicted molar refractivity (Wildman–Crippen MR) is 78.7 cm³/mol. The molecule has 102 valence electrons. The van der Waals surface area contributed by atoms with Gasteiger partial charge in [0.15, 0.2) is 5.82 Å². The lowest BCUT2D eigenvalue weighted by atomic mass is 10.1. The lowest BCUT2D eigenvalue weighted by molar-refractivity contribution is -0.119. The molecule has 0 aliphatic carbocycles. The van der Waals surface area contributed by atoms with Crippen LogP contribution in [-0.2, 0) is 4.79 Å². The summed E-state index contributed by atoms with van der Waals surface area (Å²) < 4.78 is 0. The van der Waals surface area contributed by atoms with Crippen LogP contribution in [0.25, 0.3) is 11.3 Å². The summed E-state index contributed by atoms with van der Waals surface area (Å²) in [6.07, 6.45) is 1.22. The van der Waals surface area contributed by atoms with Gasteiger partial charge in [-0.2, -0.15) is 0 Å². The molecule has 0 atom stereocenters. The number of piperidine rings is 1. The van der Waals surface area contributed by atoms with E-state index >= 15 is 0 Å². The van der Waals surface area contributed by atoms with Crippen molar-refractivity contribution in [3.8, 4) is 11.3 Å². The zero-order valence-electron chi connectivity index (χ0n) is 11.5. The molecule has 2 heterocycles. The Morgan fingerprint density at radius 3 is 2.40 bits per heavy atom. The second-order valence-corrected chi connectivity index (χ2v) is 5.12. The van der Waals surface area contributed by atoms with E-state index in [1.165, 1.54) is 5.56 Å². The molecule has 1 aliphatic heterocycles. The molecular weight excluding hydrogens is 250 g/mol. The number of hydrogen-bond acceptors (Lipinski definition) is 4. The van der Waals surface area contributed by atoms with Crippen LogP contribution in [0, 0.1) is 6.92 Å². The summed E-state index contributed by atoms with van der Waals surface area (Å²) in [5.41, 5.74) is 3.19. The third kappa shape index (κ3) is 2.54. The van der Waals surface area contributed by atoms with E-state index in [9.17, 15) is 4.79 Å². The van der Waals surface area contributed by atoms with Crippen molar-refractivity contribution in [1.82, 2.24) is 10.2 Å². The maximum absolute atomic E-state index is 11.3. The molecule has 1 aliphatic rings. The normalized spacial score (nSPS) is 15.4. The van der Waals surface area contributed by atoms with E-state index in [0.717, 1.165) is 30.2 Å². The first kappa shape index (κ1) is 12.8. The van der Waals surface area contributed by atoms with Crippen LogP contribution in [0.4, 0.5) is 5.82 Å². The fourth-order valence-electron chi connectivity index (χ4n) is 2.48. The third-order valence-electron chi connectivity index (χ3n) is 3.72. The standard InChI is InChI=1S/C16H17N3O/c1-12-4-2-3-5-14(12)15-6-7-16(18-17-15)19-10-8-13(20)9-11-19/h2-7H,8-11H2,1H3. The van der Waals surface area contributed by atoms with Gasteiger partial charge in [0.05, 0.1) is 5.69 Å². The molecule has 0 amide bonds. The van der Waals surface area contributed by atoms with Gasteiger partial charge in [0.2, 0.25) is 0 Å². The molecule has 0 N–H and O–H groups in total. The number of benzene rings is 1. The topological polar surface area (TPSA) is 46.1 Å². The molecule has 4 heteroatoms. The third-order valence-corrected chi connectivity index (χ3v) is 3.72. The van der Waals surface area contributed by atoms with Crippen LogP contribution >= 0.6 is 0 Å². The molecule has 1 fully saturated rings. The van der Waals surface area contributed by atoms with Crippen LogP contribution in [0.15, 0.2) is 36.4 Å². The van der Waals surface area contributed by atoms with E-state index in [0.29, 0.717) is 18.6 Å². The van der Waals surface area contributed by atoms with E-state index in [1.807, 2.05) is 24.3 Å². The lowest BCUT2D eigenvalue weighted by Gasteiger charge is -2.26. The predicted octanol–water partition coefficient (Wildman–Crippen LogP) is 2.62. The Labute approximate surface area is 118 Å². The van der Waals surface area contributed by atoms with Crippen molar-refractivity contribution in [2.45, 2.75) is 19.8 Å². The van der Waals surface area contributed by atoms with Crippen molar-refractivity contribution in [2.75, 3.05) is 18.0 Å². The second kappa shape index (κ2) is 5.41. The van der Waals surface area contributed by atoms with Gasteiger partial charge in [-0.25, -0.2) is 0 Å². The number of hydrogen-bond donors (Lipinski definition) is 0. The van der Waals surface area contributed by atoms with Crippen molar-refractivity contribution in [1.29, 1.82) is 0 Å². The number of carbonyl (C=O) groups is 1. The highest BCUT2D eigenvalue weighted by molar-refractivity contribution is 5.80. The molecule has 4 nitrogen and oxygen atoms in total. The van der Waals surface area contributed by atoms with Gasteiger partial charge in [0.25, 0.3) is 0 Å². The van der Waals surface area contributed by atoms with Crippen LogP contribution in [0.5, 0.6) is 0 Å². The fourth-order valence-corrected chi connectivity index (χ4v) is 2.48. The highest BCUT2D eigenvalue weighted by Gasteiger charge is 2.17. The minimum Gasteiger partial charge on any atom is -0.354 e. The van der Waals surface area contributed by atoms with Gasteiger partial charge in [-0.1, -0.05) is 24.3 Å². The van der Waals surface area contributed by atoms with Crippen molar-refractivity contribution >= 4 is 11.6 Å². The fraction of sp³-hybridized carbons (Fsp3) is 0.312. The molecule has 1 aromatic heterocycles. The van der Waals surface area contributed by atoms with E-state index in [1.54, 1.807) is 0 Å². The monoisotopic (exact) mass is 267 g/mol. The number of Topliss-reactive ketones (excluding diaryl/α,β-unsaturated/α-hetero) is 1. The summed E-state index contributed by atoms with van der Waals surface area (Å²) in [5.74, 6) is 1.19. The largest absolute Gasteiger partial charge is 0.354 e. The maximum atomic E-state index is 11.3. The lowest BCUT2D eigenvalue weighted by Crippen LogP contribution is -2.34. The van der Waals surface area contributed by atoms with Gasteiger partial charge in [0.1, 0.15) is 5.78 Å². The number of aromatic nitrogens is 2. The molecule has 3 rings (SSSR count). The molecule has 20 heavy (non-hydrogen) atoms. The Hall–Kier alpha value is -2.23. The molecule has 0 radical (unpaired) electrons. The highest BCUT2D eigenvalue weighted by Crippen LogP contribution is 2.22. The van der Waals surface area contributed by atoms with Gasteiger partial charge in [0, 0.05) is 31.5 Å². The number of ketones is 1. The molecule has 0 spiro atoms. The number of aryl methyl sites for hydroxylation is 1. The van der Waals surface area contributed by atoms with Crippen molar-refractivity contribution in [3.05, 3.63) is 42.0 Å². The smallest absolute Gasteiger partial charge is 0.151 e. The molecule has 0 unspecified atom stereocenters. The minimum absolute atomic E-state index is 0.339. The van der Waals surface area contributed by atoms with E-state index < -0.39 is 0 Å². The average Bonchev–Trinajstić information content (AvgIpc) is 2.49. The van der Waals surface area contributed by atoms with E-state index in [4.69, 9.17) is 0 Å². The quantitative estimate of drug-likeness (QED) is 0.839. The Kier molecular flexibility index (Phi) is 3.46. The molecule has 1 aromatic carbocycles. The zero-order chi connectivity index (χ0) is 13.9. The van der Waals surface area contributed by atoms with E-state index in [-0.39, 0.29) is 0 Å². The summed E-state index contributed by atoms with van der Waals surface area (Å²) in [6, 6.07) is 12.1. The number of anilines is 1. The van der Waals surface area contributed by atoms with Crippen LogP contribution in [-0.4, -0.2) is 29.1 Å². The summed E-state index contributed by atoms with van der Waals surface area (Å²) >= 11 is 0. The molecule has 2 aromatic rings. The van der Waals surface area contributed by atoms with Gasteiger partial charge in [-0.05, 0) is 24.6 Å². The number of rotatable bonds is 2. The highest BCUT2D eigenvalue weighted by atomic mass is 16.1. The Morgan fingerprint density at radius 2 is 1.75 bits per heavy atom. The van der Waals surface area contributed by atoms with Gasteiger partial charge < -0.3 is 4.90 Å².